The molecule has 1 aromatic carbocycles. The van der Waals surface area contributed by atoms with Gasteiger partial charge in [0.2, 0.25) is 0 Å². The zero-order chi connectivity index (χ0) is 19.4. The van der Waals surface area contributed by atoms with E-state index in [0.29, 0.717) is 18.8 Å². The van der Waals surface area contributed by atoms with Crippen molar-refractivity contribution in [2.75, 3.05) is 66.6 Å². The van der Waals surface area contributed by atoms with Gasteiger partial charge >= 0.3 is 0 Å². The maximum Gasteiger partial charge on any atom is 0.257 e. The monoisotopic (exact) mass is 377 g/mol. The second-order valence-electron chi connectivity index (χ2n) is 7.75. The molecule has 0 bridgehead atoms. The molecule has 7 heteroatoms. The van der Waals surface area contributed by atoms with Gasteiger partial charge in [0.15, 0.2) is 0 Å². The van der Waals surface area contributed by atoms with Crippen molar-refractivity contribution in [2.24, 2.45) is 11.8 Å². The summed E-state index contributed by atoms with van der Waals surface area (Å²) < 4.78 is 5.08. The first-order chi connectivity index (χ1) is 13.0. The van der Waals surface area contributed by atoms with Crippen LogP contribution in [0.1, 0.15) is 16.8 Å². The summed E-state index contributed by atoms with van der Waals surface area (Å²) in [5, 5.41) is 20.0. The van der Waals surface area contributed by atoms with Crippen molar-refractivity contribution in [3.05, 3.63) is 23.8 Å². The van der Waals surface area contributed by atoms with Crippen LogP contribution in [0.5, 0.6) is 11.5 Å². The van der Waals surface area contributed by atoms with E-state index in [9.17, 15) is 15.0 Å². The van der Waals surface area contributed by atoms with E-state index in [-0.39, 0.29) is 35.7 Å². The third-order valence-electron chi connectivity index (χ3n) is 5.84. The van der Waals surface area contributed by atoms with Crippen molar-refractivity contribution in [3.63, 3.8) is 0 Å². The van der Waals surface area contributed by atoms with E-state index in [1.807, 2.05) is 0 Å². The first-order valence-corrected chi connectivity index (χ1v) is 9.70. The lowest BCUT2D eigenvalue weighted by Crippen LogP contribution is -2.36. The van der Waals surface area contributed by atoms with Gasteiger partial charge in [-0.25, -0.2) is 0 Å². The lowest BCUT2D eigenvalue weighted by Gasteiger charge is -2.26. The highest BCUT2D eigenvalue weighted by Gasteiger charge is 2.36. The number of phenolic OH excluding ortho intramolecular Hbond substituents is 1. The molecule has 2 fully saturated rings. The number of hydrogen-bond acceptors (Lipinski definition) is 6. The molecule has 0 spiro atoms. The van der Waals surface area contributed by atoms with Gasteiger partial charge in [0.1, 0.15) is 11.5 Å². The van der Waals surface area contributed by atoms with Gasteiger partial charge < -0.3 is 29.6 Å². The van der Waals surface area contributed by atoms with Gasteiger partial charge in [0, 0.05) is 51.3 Å². The summed E-state index contributed by atoms with van der Waals surface area (Å²) in [6.07, 6.45) is 1.15. The summed E-state index contributed by atoms with van der Waals surface area (Å²) in [6.45, 7) is 6.38. The summed E-state index contributed by atoms with van der Waals surface area (Å²) >= 11 is 0. The molecule has 1 amide bonds. The number of nitrogens with zero attached hydrogens (tertiary/aromatic N) is 3. The summed E-state index contributed by atoms with van der Waals surface area (Å²) in [6, 6.07) is 4.73. The molecule has 0 unspecified atom stereocenters. The van der Waals surface area contributed by atoms with Crippen LogP contribution < -0.4 is 4.74 Å². The Labute approximate surface area is 161 Å². The molecule has 0 aliphatic carbocycles. The van der Waals surface area contributed by atoms with Gasteiger partial charge in [-0.1, -0.05) is 0 Å². The van der Waals surface area contributed by atoms with E-state index >= 15 is 0 Å². The summed E-state index contributed by atoms with van der Waals surface area (Å²) in [7, 11) is 3.67. The maximum atomic E-state index is 12.9. The predicted octanol–water partition coefficient (Wildman–Crippen LogP) is 0.719. The van der Waals surface area contributed by atoms with E-state index in [4.69, 9.17) is 4.74 Å². The minimum atomic E-state index is -0.188. The number of ether oxygens (including phenoxy) is 1. The number of amides is 1. The molecule has 0 aromatic heterocycles. The summed E-state index contributed by atoms with van der Waals surface area (Å²) in [5.41, 5.74) is 0.282. The number of rotatable bonds is 5. The number of carbonyl (C=O) groups is 1. The van der Waals surface area contributed by atoms with Crippen molar-refractivity contribution in [1.29, 1.82) is 0 Å². The number of aromatic hydroxyl groups is 1. The minimum Gasteiger partial charge on any atom is -0.507 e. The number of methoxy groups -OCH3 is 1. The van der Waals surface area contributed by atoms with Crippen LogP contribution in [-0.4, -0.2) is 97.4 Å². The highest BCUT2D eigenvalue weighted by atomic mass is 16.5. The average molecular weight is 377 g/mol. The summed E-state index contributed by atoms with van der Waals surface area (Å²) in [5.74, 6) is 0.589. The van der Waals surface area contributed by atoms with Gasteiger partial charge in [-0.3, -0.25) is 4.79 Å². The van der Waals surface area contributed by atoms with Crippen molar-refractivity contribution in [1.82, 2.24) is 14.7 Å². The van der Waals surface area contributed by atoms with E-state index in [2.05, 4.69) is 16.8 Å². The fourth-order valence-corrected chi connectivity index (χ4v) is 4.12. The van der Waals surface area contributed by atoms with E-state index in [1.165, 1.54) is 13.2 Å². The second-order valence-corrected chi connectivity index (χ2v) is 7.75. The van der Waals surface area contributed by atoms with E-state index in [0.717, 1.165) is 39.1 Å². The summed E-state index contributed by atoms with van der Waals surface area (Å²) in [4.78, 5) is 19.5. The zero-order valence-electron chi connectivity index (χ0n) is 16.3. The molecular formula is C20H31N3O4. The van der Waals surface area contributed by atoms with E-state index < -0.39 is 0 Å². The molecular weight excluding hydrogens is 346 g/mol. The standard InChI is InChI=1S/C20H31N3O4/c1-21-6-3-7-22(9-8-21)11-15-12-23(13-16(15)14-24)20(26)18-5-4-17(27-2)10-19(18)25/h4-5,10,15-16,24-25H,3,6-9,11-14H2,1-2H3/t15-,16-/m1/s1. The third kappa shape index (κ3) is 4.72. The smallest absolute Gasteiger partial charge is 0.257 e. The average Bonchev–Trinajstić information content (AvgIpc) is 2.96. The molecule has 0 saturated carbocycles. The number of likely N-dealkylation sites (tertiary alicyclic amines) is 1. The molecule has 27 heavy (non-hydrogen) atoms. The Bertz CT molecular complexity index is 654. The molecule has 1 aromatic rings. The number of aliphatic hydroxyl groups is 1. The topological polar surface area (TPSA) is 76.5 Å². The minimum absolute atomic E-state index is 0.0705. The van der Waals surface area contributed by atoms with Crippen LogP contribution in [-0.2, 0) is 0 Å². The molecule has 3 rings (SSSR count). The molecule has 2 N–H and O–H groups in total. The maximum absolute atomic E-state index is 12.9. The molecule has 0 radical (unpaired) electrons. The Morgan fingerprint density at radius 3 is 2.67 bits per heavy atom. The molecule has 2 atom stereocenters. The quantitative estimate of drug-likeness (QED) is 0.788. The fourth-order valence-electron chi connectivity index (χ4n) is 4.12. The Morgan fingerprint density at radius 1 is 1.19 bits per heavy atom. The van der Waals surface area contributed by atoms with Crippen LogP contribution >= 0.6 is 0 Å². The predicted molar refractivity (Wildman–Crippen MR) is 103 cm³/mol. The van der Waals surface area contributed by atoms with Gasteiger partial charge in [-0.15, -0.1) is 0 Å². The van der Waals surface area contributed by atoms with Crippen LogP contribution in [0.25, 0.3) is 0 Å². The zero-order valence-corrected chi connectivity index (χ0v) is 16.3. The molecule has 2 heterocycles. The van der Waals surface area contributed by atoms with Crippen LogP contribution in [0, 0.1) is 11.8 Å². The largest absolute Gasteiger partial charge is 0.507 e. The second kappa shape index (κ2) is 8.91. The number of aliphatic hydroxyl groups excluding tert-OH is 1. The number of phenols is 1. The molecule has 7 nitrogen and oxygen atoms in total. The fraction of sp³-hybridized carbons (Fsp3) is 0.650. The van der Waals surface area contributed by atoms with Gasteiger partial charge in [-0.05, 0) is 44.6 Å². The normalized spacial score (nSPS) is 24.8. The van der Waals surface area contributed by atoms with Crippen molar-refractivity contribution < 1.29 is 19.7 Å². The Kier molecular flexibility index (Phi) is 6.57. The number of hydrogen-bond donors (Lipinski definition) is 2. The van der Waals surface area contributed by atoms with Gasteiger partial charge in [0.05, 0.1) is 12.7 Å². The van der Waals surface area contributed by atoms with Crippen LogP contribution in [0.3, 0.4) is 0 Å². The van der Waals surface area contributed by atoms with Crippen molar-refractivity contribution >= 4 is 5.91 Å². The van der Waals surface area contributed by atoms with Crippen LogP contribution in [0.4, 0.5) is 0 Å². The lowest BCUT2D eigenvalue weighted by atomic mass is 9.96. The van der Waals surface area contributed by atoms with Gasteiger partial charge in [-0.2, -0.15) is 0 Å². The number of carbonyl (C=O) groups excluding carboxylic acids is 1. The first kappa shape index (κ1) is 19.9. The number of likely N-dealkylation sites (N-methyl/N-ethyl adjacent to an activating group) is 1. The Hall–Kier alpha value is -1.83. The SMILES string of the molecule is COc1ccc(C(=O)N2C[C@@H](CN3CCCN(C)CC3)[C@@H](CO)C2)c(O)c1. The van der Waals surface area contributed by atoms with Crippen molar-refractivity contribution in [3.8, 4) is 11.5 Å². The Morgan fingerprint density at radius 2 is 1.96 bits per heavy atom. The third-order valence-corrected chi connectivity index (χ3v) is 5.84. The molecule has 2 aliphatic heterocycles. The molecule has 150 valence electrons. The van der Waals surface area contributed by atoms with Gasteiger partial charge in [0.25, 0.3) is 5.91 Å². The van der Waals surface area contributed by atoms with Crippen LogP contribution in [0.2, 0.25) is 0 Å². The Balaban J connectivity index is 1.65. The highest BCUT2D eigenvalue weighted by molar-refractivity contribution is 5.97. The first-order valence-electron chi connectivity index (χ1n) is 9.70. The lowest BCUT2D eigenvalue weighted by molar-refractivity contribution is 0.0776. The molecule has 2 saturated heterocycles. The molecule has 2 aliphatic rings. The van der Waals surface area contributed by atoms with Crippen molar-refractivity contribution in [2.45, 2.75) is 6.42 Å². The van der Waals surface area contributed by atoms with Crippen LogP contribution in [0.15, 0.2) is 18.2 Å². The highest BCUT2D eigenvalue weighted by Crippen LogP contribution is 2.29. The van der Waals surface area contributed by atoms with E-state index in [1.54, 1.807) is 17.0 Å². The number of benzene rings is 1.